The molecule has 0 fully saturated rings. The van der Waals surface area contributed by atoms with E-state index in [1.165, 1.54) is 36.9 Å². The number of rotatable bonds is 5. The van der Waals surface area contributed by atoms with E-state index in [1.807, 2.05) is 35.6 Å². The van der Waals surface area contributed by atoms with Gasteiger partial charge in [-0.25, -0.2) is 9.97 Å². The number of para-hydroxylation sites is 5. The predicted octanol–water partition coefficient (Wildman–Crippen LogP) is 13.4. The minimum atomic E-state index is 0.620. The van der Waals surface area contributed by atoms with Crippen LogP contribution >= 0.6 is 11.3 Å². The molecule has 0 unspecified atom stereocenters. The van der Waals surface area contributed by atoms with Crippen molar-refractivity contribution in [2.24, 2.45) is 0 Å². The summed E-state index contributed by atoms with van der Waals surface area (Å²) in [5, 5.41) is 4.81. The number of nitrogens with zero attached hydrogens (tertiary/aromatic N) is 3. The number of hydrogen-bond donors (Lipinski definition) is 0. The van der Waals surface area contributed by atoms with Crippen molar-refractivity contribution in [3.05, 3.63) is 176 Å². The molecule has 0 amide bonds. The van der Waals surface area contributed by atoms with Gasteiger partial charge in [0, 0.05) is 53.5 Å². The molecule has 0 saturated heterocycles. The molecule has 4 aromatic heterocycles. The van der Waals surface area contributed by atoms with Crippen molar-refractivity contribution in [3.8, 4) is 50.0 Å². The number of hydrogen-bond acceptors (Lipinski definition) is 4. The monoisotopic (exact) mass is 695 g/mol. The molecular weight excluding hydrogens is 667 g/mol. The van der Waals surface area contributed by atoms with Crippen LogP contribution in [0.4, 0.5) is 0 Å². The number of thiophene rings is 1. The van der Waals surface area contributed by atoms with Crippen molar-refractivity contribution in [2.75, 3.05) is 0 Å². The highest BCUT2D eigenvalue weighted by atomic mass is 32.1. The van der Waals surface area contributed by atoms with E-state index in [9.17, 15) is 0 Å². The minimum Gasteiger partial charge on any atom is -0.436 e. The predicted molar refractivity (Wildman–Crippen MR) is 221 cm³/mol. The average Bonchev–Trinajstić information content (AvgIpc) is 3.94. The molecule has 0 aliphatic heterocycles. The van der Waals surface area contributed by atoms with Crippen LogP contribution in [0.2, 0.25) is 0 Å². The van der Waals surface area contributed by atoms with E-state index in [-0.39, 0.29) is 0 Å². The summed E-state index contributed by atoms with van der Waals surface area (Å²) in [4.78, 5) is 11.3. The van der Waals surface area contributed by atoms with Crippen LogP contribution in [0, 0.1) is 0 Å². The van der Waals surface area contributed by atoms with E-state index < -0.39 is 0 Å². The second kappa shape index (κ2) is 11.9. The first kappa shape index (κ1) is 29.9. The topological polar surface area (TPSA) is 43.9 Å². The van der Waals surface area contributed by atoms with E-state index >= 15 is 0 Å². The van der Waals surface area contributed by atoms with Gasteiger partial charge >= 0.3 is 0 Å². The number of aromatic nitrogens is 3. The van der Waals surface area contributed by atoms with Gasteiger partial charge in [-0.15, -0.1) is 11.3 Å². The van der Waals surface area contributed by atoms with Crippen molar-refractivity contribution >= 4 is 65.2 Å². The zero-order valence-corrected chi connectivity index (χ0v) is 29.2. The third-order valence-electron chi connectivity index (χ3n) is 10.2. The molecule has 0 saturated carbocycles. The molecule has 7 aromatic carbocycles. The molecule has 0 bridgehead atoms. The largest absolute Gasteiger partial charge is 0.436 e. The second-order valence-corrected chi connectivity index (χ2v) is 14.4. The quantitative estimate of drug-likeness (QED) is 0.180. The molecule has 0 aliphatic carbocycles. The summed E-state index contributed by atoms with van der Waals surface area (Å²) < 4.78 is 9.76. The fourth-order valence-corrected chi connectivity index (χ4v) is 9.19. The number of benzene rings is 7. The molecule has 0 atom stereocenters. The van der Waals surface area contributed by atoms with Crippen molar-refractivity contribution in [1.82, 2.24) is 14.5 Å². The maximum absolute atomic E-state index is 6.14. The van der Waals surface area contributed by atoms with Crippen LogP contribution in [-0.4, -0.2) is 14.5 Å². The number of fused-ring (bicyclic) bond motifs is 7. The van der Waals surface area contributed by atoms with Crippen LogP contribution in [0.15, 0.2) is 180 Å². The Balaban J connectivity index is 1.19. The van der Waals surface area contributed by atoms with E-state index in [0.29, 0.717) is 5.89 Å². The molecular formula is C48H29N3OS. The Kier molecular flexibility index (Phi) is 6.69. The van der Waals surface area contributed by atoms with Crippen molar-refractivity contribution in [2.45, 2.75) is 0 Å². The summed E-state index contributed by atoms with van der Waals surface area (Å²) in [5.74, 6) is 0.620. The molecule has 11 rings (SSSR count). The molecule has 53 heavy (non-hydrogen) atoms. The Morgan fingerprint density at radius 3 is 1.85 bits per heavy atom. The van der Waals surface area contributed by atoms with Crippen molar-refractivity contribution < 1.29 is 4.42 Å². The van der Waals surface area contributed by atoms with E-state index in [0.717, 1.165) is 61.0 Å². The first-order valence-corrected chi connectivity index (χ1v) is 18.6. The maximum Gasteiger partial charge on any atom is 0.227 e. The summed E-state index contributed by atoms with van der Waals surface area (Å²) in [6.07, 6.45) is 0. The maximum atomic E-state index is 6.14. The summed E-state index contributed by atoms with van der Waals surface area (Å²) in [7, 11) is 0. The van der Waals surface area contributed by atoms with Gasteiger partial charge in [0.25, 0.3) is 0 Å². The van der Waals surface area contributed by atoms with Gasteiger partial charge in [-0.05, 0) is 65.7 Å². The van der Waals surface area contributed by atoms with E-state index in [2.05, 4.69) is 156 Å². The number of pyridine rings is 1. The van der Waals surface area contributed by atoms with Gasteiger partial charge in [0.05, 0.1) is 22.2 Å². The van der Waals surface area contributed by atoms with E-state index in [1.54, 1.807) is 0 Å². The van der Waals surface area contributed by atoms with Gasteiger partial charge in [0.15, 0.2) is 5.58 Å². The Bertz CT molecular complexity index is 3080. The Hall–Kier alpha value is -6.82. The molecule has 0 radical (unpaired) electrons. The van der Waals surface area contributed by atoms with Gasteiger partial charge in [0.2, 0.25) is 5.89 Å². The van der Waals surface area contributed by atoms with Crippen LogP contribution in [0.25, 0.3) is 104 Å². The normalized spacial score (nSPS) is 11.8. The Labute approximate surface area is 308 Å². The highest BCUT2D eigenvalue weighted by Crippen LogP contribution is 2.50. The second-order valence-electron chi connectivity index (χ2n) is 13.3. The fraction of sp³-hybridized carbons (Fsp3) is 0. The van der Waals surface area contributed by atoms with Crippen LogP contribution in [0.3, 0.4) is 0 Å². The van der Waals surface area contributed by atoms with Gasteiger partial charge in [-0.2, -0.15) is 0 Å². The fourth-order valence-electron chi connectivity index (χ4n) is 7.83. The van der Waals surface area contributed by atoms with Crippen molar-refractivity contribution in [1.29, 1.82) is 0 Å². The summed E-state index contributed by atoms with van der Waals surface area (Å²) >= 11 is 1.84. The van der Waals surface area contributed by atoms with Crippen LogP contribution in [0.5, 0.6) is 0 Å². The first-order valence-electron chi connectivity index (χ1n) is 17.7. The third kappa shape index (κ3) is 4.75. The highest BCUT2D eigenvalue weighted by molar-refractivity contribution is 7.24. The smallest absolute Gasteiger partial charge is 0.227 e. The van der Waals surface area contributed by atoms with Gasteiger partial charge in [-0.3, -0.25) is 0 Å². The Morgan fingerprint density at radius 2 is 1.09 bits per heavy atom. The summed E-state index contributed by atoms with van der Waals surface area (Å²) in [5.41, 5.74) is 12.6. The zero-order chi connectivity index (χ0) is 34.9. The third-order valence-corrected chi connectivity index (χ3v) is 11.5. The van der Waals surface area contributed by atoms with Gasteiger partial charge < -0.3 is 8.98 Å². The average molecular weight is 696 g/mol. The molecule has 248 valence electrons. The lowest BCUT2D eigenvalue weighted by molar-refractivity contribution is 0.620. The molecule has 11 aromatic rings. The SMILES string of the molecule is c1ccc(-c2nc3ccccc3c3sc(-c4ccc(-c5nc6ccccc6o5)cc4)c(-c4cccc(-n5c6ccccc6c6ccccc65)c4)c23)cc1. The lowest BCUT2D eigenvalue weighted by atomic mass is 9.94. The molecule has 4 nitrogen and oxygen atoms in total. The van der Waals surface area contributed by atoms with Crippen molar-refractivity contribution in [3.63, 3.8) is 0 Å². The highest BCUT2D eigenvalue weighted by Gasteiger charge is 2.23. The van der Waals surface area contributed by atoms with Crippen LogP contribution in [-0.2, 0) is 0 Å². The number of oxazole rings is 1. The molecule has 4 heterocycles. The molecule has 5 heteroatoms. The summed E-state index contributed by atoms with van der Waals surface area (Å²) in [6, 6.07) is 62.0. The van der Waals surface area contributed by atoms with Gasteiger partial charge in [-0.1, -0.05) is 121 Å². The molecule has 0 spiro atoms. The molecule has 0 N–H and O–H groups in total. The van der Waals surface area contributed by atoms with Crippen LogP contribution in [0.1, 0.15) is 0 Å². The Morgan fingerprint density at radius 1 is 0.472 bits per heavy atom. The van der Waals surface area contributed by atoms with Gasteiger partial charge in [0.1, 0.15) is 5.52 Å². The molecule has 0 aliphatic rings. The standard InChI is InChI=1S/C48H29N3OS/c1-2-13-30(14-3-1)45-44-43(33-15-12-16-34(29-33)51-40-22-9-5-17-35(40)36-18-6-10-23-41(36)51)46(53-47(44)37-19-4-7-20-38(37)49-45)31-25-27-32(28-26-31)48-50-39-21-8-11-24-42(39)52-48/h1-29H. The van der Waals surface area contributed by atoms with Crippen LogP contribution < -0.4 is 0 Å². The summed E-state index contributed by atoms with van der Waals surface area (Å²) in [6.45, 7) is 0. The minimum absolute atomic E-state index is 0.620. The lowest BCUT2D eigenvalue weighted by Gasteiger charge is -2.13. The first-order chi connectivity index (χ1) is 26.3. The lowest BCUT2D eigenvalue weighted by Crippen LogP contribution is -1.95. The zero-order valence-electron chi connectivity index (χ0n) is 28.4. The van der Waals surface area contributed by atoms with E-state index in [4.69, 9.17) is 14.4 Å².